The number of nitrogens with zero attached hydrogens (tertiary/aromatic N) is 2. The first kappa shape index (κ1) is 12.4. The minimum absolute atomic E-state index is 0.852. The first-order chi connectivity index (χ1) is 9.28. The van der Waals surface area contributed by atoms with E-state index in [1.807, 2.05) is 14.0 Å². The molecule has 0 amide bonds. The van der Waals surface area contributed by atoms with Gasteiger partial charge in [0.1, 0.15) is 5.01 Å². The molecule has 4 heteroatoms. The first-order valence-corrected chi connectivity index (χ1v) is 7.28. The number of rotatable bonds is 4. The van der Waals surface area contributed by atoms with Gasteiger partial charge in [-0.15, -0.1) is 11.3 Å². The number of aryl methyl sites for hydroxylation is 1. The third kappa shape index (κ3) is 2.41. The molecule has 98 valence electrons. The number of benzene rings is 1. The van der Waals surface area contributed by atoms with E-state index in [9.17, 15) is 0 Å². The van der Waals surface area contributed by atoms with Gasteiger partial charge in [-0.05, 0) is 31.7 Å². The van der Waals surface area contributed by atoms with Crippen LogP contribution in [0.2, 0.25) is 0 Å². The molecule has 0 saturated carbocycles. The molecule has 0 unspecified atom stereocenters. The average molecular weight is 271 g/mol. The molecule has 0 saturated heterocycles. The zero-order chi connectivity index (χ0) is 13.2. The summed E-state index contributed by atoms with van der Waals surface area (Å²) in [5.41, 5.74) is 3.72. The van der Waals surface area contributed by atoms with Crippen molar-refractivity contribution in [3.63, 3.8) is 0 Å². The molecule has 0 aliphatic carbocycles. The average Bonchev–Trinajstić information content (AvgIpc) is 2.99. The van der Waals surface area contributed by atoms with Crippen molar-refractivity contribution in [2.24, 2.45) is 0 Å². The quantitative estimate of drug-likeness (QED) is 0.790. The van der Waals surface area contributed by atoms with Gasteiger partial charge in [-0.2, -0.15) is 0 Å². The van der Waals surface area contributed by atoms with E-state index in [4.69, 9.17) is 0 Å². The van der Waals surface area contributed by atoms with Crippen LogP contribution in [0.4, 0.5) is 0 Å². The Balaban J connectivity index is 1.98. The lowest BCUT2D eigenvalue weighted by molar-refractivity contribution is 0.817. The van der Waals surface area contributed by atoms with Gasteiger partial charge in [0.25, 0.3) is 0 Å². The monoisotopic (exact) mass is 271 g/mol. The van der Waals surface area contributed by atoms with E-state index in [0.29, 0.717) is 0 Å². The Morgan fingerprint density at radius 3 is 2.95 bits per heavy atom. The summed E-state index contributed by atoms with van der Waals surface area (Å²) in [4.78, 5) is 4.54. The summed E-state index contributed by atoms with van der Waals surface area (Å²) in [6, 6.07) is 8.67. The molecule has 0 radical (unpaired) electrons. The van der Waals surface area contributed by atoms with Gasteiger partial charge in [0.2, 0.25) is 0 Å². The molecule has 0 spiro atoms. The van der Waals surface area contributed by atoms with E-state index >= 15 is 0 Å². The third-order valence-corrected chi connectivity index (χ3v) is 4.19. The number of nitrogens with one attached hydrogen (secondary N) is 1. The van der Waals surface area contributed by atoms with Crippen LogP contribution < -0.4 is 5.32 Å². The number of hydrogen-bond acceptors (Lipinski definition) is 3. The smallest absolute Gasteiger partial charge is 0.113 e. The predicted molar refractivity (Wildman–Crippen MR) is 80.7 cm³/mol. The lowest BCUT2D eigenvalue weighted by Gasteiger charge is -2.05. The molecule has 3 rings (SSSR count). The second kappa shape index (κ2) is 5.15. The second-order valence-electron chi connectivity index (χ2n) is 4.71. The van der Waals surface area contributed by atoms with Crippen molar-refractivity contribution in [1.29, 1.82) is 0 Å². The number of aromatic nitrogens is 2. The summed E-state index contributed by atoms with van der Waals surface area (Å²) in [5, 5.41) is 7.81. The van der Waals surface area contributed by atoms with E-state index in [0.717, 1.165) is 23.8 Å². The summed E-state index contributed by atoms with van der Waals surface area (Å²) in [6.45, 7) is 3.79. The van der Waals surface area contributed by atoms with Gasteiger partial charge in [-0.3, -0.25) is 0 Å². The van der Waals surface area contributed by atoms with E-state index in [2.05, 4.69) is 50.7 Å². The molecule has 1 aromatic carbocycles. The van der Waals surface area contributed by atoms with Crippen LogP contribution in [0.3, 0.4) is 0 Å². The van der Waals surface area contributed by atoms with Crippen molar-refractivity contribution in [2.45, 2.75) is 20.0 Å². The molecular weight excluding hydrogens is 254 g/mol. The lowest BCUT2D eigenvalue weighted by atomic mass is 10.1. The van der Waals surface area contributed by atoms with Gasteiger partial charge < -0.3 is 9.88 Å². The van der Waals surface area contributed by atoms with Crippen LogP contribution >= 0.6 is 11.3 Å². The van der Waals surface area contributed by atoms with Crippen LogP contribution in [0.25, 0.3) is 10.9 Å². The molecule has 2 aromatic heterocycles. The fraction of sp³-hybridized carbons (Fsp3) is 0.267. The first-order valence-electron chi connectivity index (χ1n) is 6.40. The molecule has 1 N–H and O–H groups in total. The minimum atomic E-state index is 0.852. The molecule has 0 aliphatic heterocycles. The maximum atomic E-state index is 4.54. The van der Waals surface area contributed by atoms with Gasteiger partial charge in [-0.1, -0.05) is 12.1 Å². The normalized spacial score (nSPS) is 11.3. The Morgan fingerprint density at radius 1 is 1.32 bits per heavy atom. The zero-order valence-electron chi connectivity index (χ0n) is 11.2. The molecule has 0 bridgehead atoms. The molecule has 0 aliphatic rings. The van der Waals surface area contributed by atoms with Crippen molar-refractivity contribution in [1.82, 2.24) is 14.9 Å². The Labute approximate surface area is 116 Å². The van der Waals surface area contributed by atoms with Crippen molar-refractivity contribution >= 4 is 22.2 Å². The lowest BCUT2D eigenvalue weighted by Crippen LogP contribution is -2.05. The van der Waals surface area contributed by atoms with Gasteiger partial charge in [0, 0.05) is 34.7 Å². The summed E-state index contributed by atoms with van der Waals surface area (Å²) in [6.07, 6.45) is 2.15. The Morgan fingerprint density at radius 2 is 2.21 bits per heavy atom. The Kier molecular flexibility index (Phi) is 3.36. The van der Waals surface area contributed by atoms with Crippen LogP contribution in [0.5, 0.6) is 0 Å². The fourth-order valence-electron chi connectivity index (χ4n) is 2.39. The van der Waals surface area contributed by atoms with Crippen molar-refractivity contribution < 1.29 is 0 Å². The zero-order valence-corrected chi connectivity index (χ0v) is 12.0. The molecule has 3 nitrogen and oxygen atoms in total. The molecular formula is C15H17N3S. The van der Waals surface area contributed by atoms with Crippen LogP contribution in [-0.4, -0.2) is 16.6 Å². The molecule has 2 heterocycles. The largest absolute Gasteiger partial charge is 0.341 e. The summed E-state index contributed by atoms with van der Waals surface area (Å²) < 4.78 is 2.27. The molecule has 0 fully saturated rings. The maximum Gasteiger partial charge on any atom is 0.113 e. The summed E-state index contributed by atoms with van der Waals surface area (Å²) in [5.74, 6) is 0. The summed E-state index contributed by atoms with van der Waals surface area (Å²) in [7, 11) is 1.98. The van der Waals surface area contributed by atoms with E-state index in [1.165, 1.54) is 16.5 Å². The number of thiazole rings is 1. The van der Waals surface area contributed by atoms with E-state index < -0.39 is 0 Å². The Bertz CT molecular complexity index is 696. The SMILES string of the molecule is CNCc1cccc2c1ccn2Cc1nc(C)cs1. The second-order valence-corrected chi connectivity index (χ2v) is 5.65. The van der Waals surface area contributed by atoms with Crippen molar-refractivity contribution in [3.05, 3.63) is 52.1 Å². The third-order valence-electron chi connectivity index (χ3n) is 3.24. The molecule has 3 aromatic rings. The highest BCUT2D eigenvalue weighted by molar-refractivity contribution is 7.09. The van der Waals surface area contributed by atoms with Crippen LogP contribution in [0, 0.1) is 6.92 Å². The standard InChI is InChI=1S/C15H17N3S/c1-11-10-19-15(17-11)9-18-7-6-13-12(8-16-2)4-3-5-14(13)18/h3-7,10,16H,8-9H2,1-2H3. The van der Waals surface area contributed by atoms with Crippen molar-refractivity contribution in [3.8, 4) is 0 Å². The molecule has 0 atom stereocenters. The van der Waals surface area contributed by atoms with Gasteiger partial charge in [0.05, 0.1) is 6.54 Å². The number of hydrogen-bond donors (Lipinski definition) is 1. The maximum absolute atomic E-state index is 4.54. The van der Waals surface area contributed by atoms with Crippen LogP contribution in [0.15, 0.2) is 35.8 Å². The van der Waals surface area contributed by atoms with E-state index in [1.54, 1.807) is 11.3 Å². The highest BCUT2D eigenvalue weighted by atomic mass is 32.1. The van der Waals surface area contributed by atoms with Crippen LogP contribution in [-0.2, 0) is 13.1 Å². The fourth-order valence-corrected chi connectivity index (χ4v) is 3.16. The molecule has 19 heavy (non-hydrogen) atoms. The predicted octanol–water partition coefficient (Wildman–Crippen LogP) is 3.17. The Hall–Kier alpha value is -1.65. The topological polar surface area (TPSA) is 29.9 Å². The van der Waals surface area contributed by atoms with Gasteiger partial charge in [0.15, 0.2) is 0 Å². The highest BCUT2D eigenvalue weighted by Crippen LogP contribution is 2.22. The minimum Gasteiger partial charge on any atom is -0.341 e. The van der Waals surface area contributed by atoms with Gasteiger partial charge >= 0.3 is 0 Å². The van der Waals surface area contributed by atoms with Gasteiger partial charge in [-0.25, -0.2) is 4.98 Å². The highest BCUT2D eigenvalue weighted by Gasteiger charge is 2.07. The summed E-state index contributed by atoms with van der Waals surface area (Å²) >= 11 is 1.73. The number of fused-ring (bicyclic) bond motifs is 1. The van der Waals surface area contributed by atoms with Crippen LogP contribution in [0.1, 0.15) is 16.3 Å². The van der Waals surface area contributed by atoms with Crippen molar-refractivity contribution in [2.75, 3.05) is 7.05 Å². The van der Waals surface area contributed by atoms with E-state index in [-0.39, 0.29) is 0 Å².